The molecular formula is C17H36N2. The molecule has 2 unspecified atom stereocenters. The fourth-order valence-electron chi connectivity index (χ4n) is 3.11. The van der Waals surface area contributed by atoms with Crippen LogP contribution in [0.25, 0.3) is 0 Å². The molecule has 0 amide bonds. The molecule has 1 heterocycles. The van der Waals surface area contributed by atoms with E-state index in [1.165, 1.54) is 51.7 Å². The van der Waals surface area contributed by atoms with Crippen molar-refractivity contribution in [2.45, 2.75) is 72.8 Å². The Bertz CT molecular complexity index is 232. The van der Waals surface area contributed by atoms with Gasteiger partial charge in [-0.05, 0) is 76.5 Å². The van der Waals surface area contributed by atoms with Gasteiger partial charge in [-0.2, -0.15) is 0 Å². The molecule has 0 saturated carbocycles. The fraction of sp³-hybridized carbons (Fsp3) is 1.00. The van der Waals surface area contributed by atoms with Crippen LogP contribution in [0.5, 0.6) is 0 Å². The van der Waals surface area contributed by atoms with Crippen molar-refractivity contribution in [3.05, 3.63) is 0 Å². The zero-order valence-corrected chi connectivity index (χ0v) is 14.0. The van der Waals surface area contributed by atoms with Gasteiger partial charge in [-0.25, -0.2) is 0 Å². The highest BCUT2D eigenvalue weighted by Crippen LogP contribution is 2.34. The van der Waals surface area contributed by atoms with Gasteiger partial charge in [0, 0.05) is 6.04 Å². The Kier molecular flexibility index (Phi) is 7.38. The maximum atomic E-state index is 3.59. The predicted molar refractivity (Wildman–Crippen MR) is 85.6 cm³/mol. The van der Waals surface area contributed by atoms with Crippen molar-refractivity contribution in [3.8, 4) is 0 Å². The van der Waals surface area contributed by atoms with E-state index in [0.29, 0.717) is 11.5 Å². The van der Waals surface area contributed by atoms with E-state index < -0.39 is 0 Å². The zero-order chi connectivity index (χ0) is 14.3. The molecule has 1 fully saturated rings. The van der Waals surface area contributed by atoms with E-state index in [1.54, 1.807) is 0 Å². The summed E-state index contributed by atoms with van der Waals surface area (Å²) in [4.78, 5) is 2.69. The predicted octanol–water partition coefficient (Wildman–Crippen LogP) is 3.91. The third-order valence-corrected chi connectivity index (χ3v) is 4.67. The van der Waals surface area contributed by atoms with Gasteiger partial charge in [0.05, 0.1) is 0 Å². The second-order valence-electron chi connectivity index (χ2n) is 7.48. The summed E-state index contributed by atoms with van der Waals surface area (Å²) in [6.07, 6.45) is 6.73. The van der Waals surface area contributed by atoms with Crippen molar-refractivity contribution in [2.24, 2.45) is 11.3 Å². The third-order valence-electron chi connectivity index (χ3n) is 4.67. The first-order valence-corrected chi connectivity index (χ1v) is 8.39. The molecule has 1 aliphatic heterocycles. The van der Waals surface area contributed by atoms with E-state index in [9.17, 15) is 0 Å². The van der Waals surface area contributed by atoms with E-state index in [0.717, 1.165) is 12.5 Å². The molecular weight excluding hydrogens is 232 g/mol. The van der Waals surface area contributed by atoms with Crippen LogP contribution >= 0.6 is 0 Å². The minimum Gasteiger partial charge on any atom is -0.314 e. The van der Waals surface area contributed by atoms with Crippen molar-refractivity contribution in [1.82, 2.24) is 10.2 Å². The highest BCUT2D eigenvalue weighted by atomic mass is 15.1. The first-order valence-electron chi connectivity index (χ1n) is 8.39. The Morgan fingerprint density at radius 1 is 1.21 bits per heavy atom. The van der Waals surface area contributed by atoms with Crippen molar-refractivity contribution in [2.75, 3.05) is 26.2 Å². The molecule has 0 aromatic heterocycles. The molecule has 1 saturated heterocycles. The van der Waals surface area contributed by atoms with Crippen LogP contribution in [0.15, 0.2) is 0 Å². The normalized spacial score (nSPS) is 24.2. The number of likely N-dealkylation sites (tertiary alicyclic amines) is 1. The van der Waals surface area contributed by atoms with Crippen LogP contribution in [0.2, 0.25) is 0 Å². The minimum absolute atomic E-state index is 0.492. The van der Waals surface area contributed by atoms with Gasteiger partial charge in [0.25, 0.3) is 0 Å². The molecule has 0 aliphatic carbocycles. The summed E-state index contributed by atoms with van der Waals surface area (Å²) in [6, 6.07) is 0.668. The van der Waals surface area contributed by atoms with Crippen molar-refractivity contribution >= 4 is 0 Å². The van der Waals surface area contributed by atoms with Crippen molar-refractivity contribution in [3.63, 3.8) is 0 Å². The molecule has 0 bridgehead atoms. The Hall–Kier alpha value is -0.0800. The van der Waals surface area contributed by atoms with Gasteiger partial charge in [-0.3, -0.25) is 0 Å². The van der Waals surface area contributed by atoms with E-state index in [-0.39, 0.29) is 0 Å². The number of nitrogens with one attached hydrogen (secondary N) is 1. The molecule has 2 nitrogen and oxygen atoms in total. The Labute approximate surface area is 121 Å². The lowest BCUT2D eigenvalue weighted by Gasteiger charge is -2.30. The lowest BCUT2D eigenvalue weighted by Crippen LogP contribution is -2.33. The van der Waals surface area contributed by atoms with E-state index in [2.05, 4.69) is 44.8 Å². The largest absolute Gasteiger partial charge is 0.314 e. The molecule has 1 aliphatic rings. The lowest BCUT2D eigenvalue weighted by molar-refractivity contribution is 0.206. The highest BCUT2D eigenvalue weighted by Gasteiger charge is 2.26. The smallest absolute Gasteiger partial charge is 0.00508 e. The average molecular weight is 268 g/mol. The molecule has 0 radical (unpaired) electrons. The van der Waals surface area contributed by atoms with E-state index in [4.69, 9.17) is 0 Å². The summed E-state index contributed by atoms with van der Waals surface area (Å²) in [7, 11) is 0. The van der Waals surface area contributed by atoms with Crippen LogP contribution in [-0.4, -0.2) is 37.1 Å². The molecule has 0 aromatic rings. The Morgan fingerprint density at radius 2 is 1.95 bits per heavy atom. The number of rotatable bonds is 6. The van der Waals surface area contributed by atoms with Gasteiger partial charge in [0.2, 0.25) is 0 Å². The second kappa shape index (κ2) is 8.26. The SMILES string of the molecule is CCCNC(C)CCN1CCCC(C(C)(C)C)CC1. The maximum absolute atomic E-state index is 3.59. The van der Waals surface area contributed by atoms with E-state index in [1.807, 2.05) is 0 Å². The number of nitrogens with zero attached hydrogens (tertiary/aromatic N) is 1. The van der Waals surface area contributed by atoms with Gasteiger partial charge < -0.3 is 10.2 Å². The fourth-order valence-corrected chi connectivity index (χ4v) is 3.11. The average Bonchev–Trinajstić information content (AvgIpc) is 2.58. The first-order chi connectivity index (χ1) is 8.93. The Balaban J connectivity index is 2.26. The van der Waals surface area contributed by atoms with Crippen LogP contribution in [0.4, 0.5) is 0 Å². The molecule has 0 spiro atoms. The molecule has 2 heteroatoms. The van der Waals surface area contributed by atoms with Crippen LogP contribution < -0.4 is 5.32 Å². The highest BCUT2D eigenvalue weighted by molar-refractivity contribution is 4.79. The van der Waals surface area contributed by atoms with Gasteiger partial charge in [0.1, 0.15) is 0 Å². The standard InChI is InChI=1S/C17H36N2/c1-6-11-18-15(2)9-13-19-12-7-8-16(10-14-19)17(3,4)5/h15-16,18H,6-14H2,1-5H3. The number of hydrogen-bond donors (Lipinski definition) is 1. The first kappa shape index (κ1) is 17.0. The topological polar surface area (TPSA) is 15.3 Å². The molecule has 1 rings (SSSR count). The van der Waals surface area contributed by atoms with Crippen molar-refractivity contribution < 1.29 is 0 Å². The second-order valence-corrected chi connectivity index (χ2v) is 7.48. The summed E-state index contributed by atoms with van der Waals surface area (Å²) >= 11 is 0. The zero-order valence-electron chi connectivity index (χ0n) is 14.0. The van der Waals surface area contributed by atoms with Gasteiger partial charge in [0.15, 0.2) is 0 Å². The summed E-state index contributed by atoms with van der Waals surface area (Å²) in [5.41, 5.74) is 0.492. The molecule has 114 valence electrons. The van der Waals surface area contributed by atoms with Crippen LogP contribution in [0.3, 0.4) is 0 Å². The summed E-state index contributed by atoms with van der Waals surface area (Å²) in [5.74, 6) is 0.910. The monoisotopic (exact) mass is 268 g/mol. The van der Waals surface area contributed by atoms with Crippen LogP contribution in [0, 0.1) is 11.3 Å². The Morgan fingerprint density at radius 3 is 2.58 bits per heavy atom. The molecule has 2 atom stereocenters. The van der Waals surface area contributed by atoms with Crippen LogP contribution in [0.1, 0.15) is 66.7 Å². The summed E-state index contributed by atoms with van der Waals surface area (Å²) in [5, 5.41) is 3.59. The van der Waals surface area contributed by atoms with Crippen LogP contribution in [-0.2, 0) is 0 Å². The van der Waals surface area contributed by atoms with Crippen molar-refractivity contribution in [1.29, 1.82) is 0 Å². The lowest BCUT2D eigenvalue weighted by atomic mass is 9.77. The molecule has 19 heavy (non-hydrogen) atoms. The molecule has 0 aromatic carbocycles. The van der Waals surface area contributed by atoms with Gasteiger partial charge in [-0.1, -0.05) is 27.7 Å². The number of hydrogen-bond acceptors (Lipinski definition) is 2. The third kappa shape index (κ3) is 6.76. The quantitative estimate of drug-likeness (QED) is 0.785. The minimum atomic E-state index is 0.492. The van der Waals surface area contributed by atoms with Gasteiger partial charge in [-0.15, -0.1) is 0 Å². The molecule has 1 N–H and O–H groups in total. The van der Waals surface area contributed by atoms with E-state index >= 15 is 0 Å². The van der Waals surface area contributed by atoms with Gasteiger partial charge >= 0.3 is 0 Å². The summed E-state index contributed by atoms with van der Waals surface area (Å²) < 4.78 is 0. The maximum Gasteiger partial charge on any atom is 0.00508 e. The summed E-state index contributed by atoms with van der Waals surface area (Å²) in [6.45, 7) is 16.8.